The minimum atomic E-state index is -0.308. The van der Waals surface area contributed by atoms with Crippen LogP contribution in [0.3, 0.4) is 0 Å². The quantitative estimate of drug-likeness (QED) is 0.611. The van der Waals surface area contributed by atoms with Crippen molar-refractivity contribution in [2.24, 2.45) is 0 Å². The summed E-state index contributed by atoms with van der Waals surface area (Å²) in [6, 6.07) is 13.9. The third-order valence-corrected chi connectivity index (χ3v) is 5.13. The molecule has 2 heterocycles. The number of carbonyl (C=O) groups excluding carboxylic acids is 1. The molecule has 3 aromatic rings. The van der Waals surface area contributed by atoms with Crippen LogP contribution in [0.5, 0.6) is 11.5 Å². The predicted octanol–water partition coefficient (Wildman–Crippen LogP) is 4.57. The Bertz CT molecular complexity index is 1020. The fourth-order valence-electron chi connectivity index (χ4n) is 3.86. The Morgan fingerprint density at radius 3 is 2.43 bits per heavy atom. The van der Waals surface area contributed by atoms with E-state index in [9.17, 15) is 4.79 Å². The smallest absolute Gasteiger partial charge is 0.340 e. The highest BCUT2D eigenvalue weighted by Crippen LogP contribution is 2.43. The van der Waals surface area contributed by atoms with E-state index in [4.69, 9.17) is 14.2 Å². The summed E-state index contributed by atoms with van der Waals surface area (Å²) in [7, 11) is 3.25. The first-order chi connectivity index (χ1) is 13.7. The molecule has 0 saturated heterocycles. The number of hydrogen-bond acceptors (Lipinski definition) is 4. The van der Waals surface area contributed by atoms with E-state index in [1.807, 2.05) is 49.4 Å². The van der Waals surface area contributed by atoms with Gasteiger partial charge in [-0.25, -0.2) is 4.79 Å². The van der Waals surface area contributed by atoms with Crippen LogP contribution >= 0.6 is 0 Å². The molecule has 0 fully saturated rings. The molecule has 0 atom stereocenters. The molecule has 0 radical (unpaired) electrons. The van der Waals surface area contributed by atoms with Gasteiger partial charge < -0.3 is 18.8 Å². The van der Waals surface area contributed by atoms with Crippen molar-refractivity contribution in [1.29, 1.82) is 0 Å². The van der Waals surface area contributed by atoms with Gasteiger partial charge in [0.1, 0.15) is 0 Å². The number of aryl methyl sites for hydroxylation is 2. The van der Waals surface area contributed by atoms with E-state index in [1.54, 1.807) is 14.2 Å². The fraction of sp³-hybridized carbons (Fsp3) is 0.261. The zero-order chi connectivity index (χ0) is 19.7. The van der Waals surface area contributed by atoms with E-state index in [2.05, 4.69) is 10.8 Å². The Morgan fingerprint density at radius 1 is 1.04 bits per heavy atom. The minimum Gasteiger partial charge on any atom is -0.493 e. The first-order valence-electron chi connectivity index (χ1n) is 9.38. The van der Waals surface area contributed by atoms with E-state index in [0.29, 0.717) is 23.7 Å². The van der Waals surface area contributed by atoms with Crippen LogP contribution < -0.4 is 9.47 Å². The maximum atomic E-state index is 13.0. The first-order valence-corrected chi connectivity index (χ1v) is 9.38. The number of esters is 1. The molecule has 1 aromatic heterocycles. The molecular formula is C23H23NO4. The van der Waals surface area contributed by atoms with E-state index >= 15 is 0 Å². The van der Waals surface area contributed by atoms with Crippen molar-refractivity contribution in [1.82, 2.24) is 4.57 Å². The summed E-state index contributed by atoms with van der Waals surface area (Å²) in [4.78, 5) is 13.0. The Hall–Kier alpha value is -3.21. The SMILES string of the molecule is CCOC(=O)c1c(-c2ccccc2)cn2c1-c1cc(OC)c(OC)cc1CC2. The average Bonchev–Trinajstić information content (AvgIpc) is 3.13. The Kier molecular flexibility index (Phi) is 4.82. The van der Waals surface area contributed by atoms with E-state index in [-0.39, 0.29) is 5.97 Å². The van der Waals surface area contributed by atoms with Gasteiger partial charge in [-0.05, 0) is 36.6 Å². The maximum absolute atomic E-state index is 13.0. The number of rotatable bonds is 5. The molecule has 28 heavy (non-hydrogen) atoms. The molecule has 5 nitrogen and oxygen atoms in total. The molecule has 0 bridgehead atoms. The molecular weight excluding hydrogens is 354 g/mol. The Balaban J connectivity index is 1.98. The molecule has 0 saturated carbocycles. The van der Waals surface area contributed by atoms with Gasteiger partial charge in [-0.1, -0.05) is 30.3 Å². The average molecular weight is 377 g/mol. The summed E-state index contributed by atoms with van der Waals surface area (Å²) >= 11 is 0. The maximum Gasteiger partial charge on any atom is 0.340 e. The Morgan fingerprint density at radius 2 is 1.75 bits per heavy atom. The summed E-state index contributed by atoms with van der Waals surface area (Å²) in [5.41, 5.74) is 5.47. The van der Waals surface area contributed by atoms with Crippen LogP contribution in [0.1, 0.15) is 22.8 Å². The van der Waals surface area contributed by atoms with Crippen LogP contribution in [0, 0.1) is 0 Å². The standard InChI is InChI=1S/C23H23NO4/c1-4-28-23(25)21-18(15-8-6-5-7-9-15)14-24-11-10-16-12-19(26-2)20(27-3)13-17(16)22(21)24/h5-9,12-14H,4,10-11H2,1-3H3. The van der Waals surface area contributed by atoms with Crippen molar-refractivity contribution in [3.05, 3.63) is 59.8 Å². The number of nitrogens with zero attached hydrogens (tertiary/aromatic N) is 1. The van der Waals surface area contributed by atoms with E-state index in [1.165, 1.54) is 0 Å². The van der Waals surface area contributed by atoms with Crippen molar-refractivity contribution < 1.29 is 19.0 Å². The summed E-state index contributed by atoms with van der Waals surface area (Å²) in [5.74, 6) is 1.03. The summed E-state index contributed by atoms with van der Waals surface area (Å²) in [6.07, 6.45) is 2.91. The second-order valence-corrected chi connectivity index (χ2v) is 6.66. The topological polar surface area (TPSA) is 49.7 Å². The summed E-state index contributed by atoms with van der Waals surface area (Å²) in [6.45, 7) is 2.94. The van der Waals surface area contributed by atoms with Crippen LogP contribution in [0.4, 0.5) is 0 Å². The molecule has 1 aliphatic rings. The van der Waals surface area contributed by atoms with Crippen LogP contribution in [-0.2, 0) is 17.7 Å². The zero-order valence-electron chi connectivity index (χ0n) is 16.3. The van der Waals surface area contributed by atoms with Crippen molar-refractivity contribution in [3.63, 3.8) is 0 Å². The van der Waals surface area contributed by atoms with Gasteiger partial charge in [-0.3, -0.25) is 0 Å². The number of hydrogen-bond donors (Lipinski definition) is 0. The van der Waals surface area contributed by atoms with Crippen molar-refractivity contribution in [3.8, 4) is 33.9 Å². The molecule has 144 valence electrons. The molecule has 0 amide bonds. The number of fused-ring (bicyclic) bond motifs is 3. The zero-order valence-corrected chi connectivity index (χ0v) is 16.3. The number of carbonyl (C=O) groups is 1. The molecule has 0 spiro atoms. The molecule has 0 N–H and O–H groups in total. The van der Waals surface area contributed by atoms with E-state index in [0.717, 1.165) is 40.9 Å². The van der Waals surface area contributed by atoms with Gasteiger partial charge in [0.2, 0.25) is 0 Å². The molecule has 0 aliphatic carbocycles. The van der Waals surface area contributed by atoms with Gasteiger partial charge in [0, 0.05) is 23.9 Å². The van der Waals surface area contributed by atoms with Gasteiger partial charge in [-0.15, -0.1) is 0 Å². The fourth-order valence-corrected chi connectivity index (χ4v) is 3.86. The number of benzene rings is 2. The Labute approximate surface area is 164 Å². The number of ether oxygens (including phenoxy) is 3. The molecule has 5 heteroatoms. The molecule has 1 aliphatic heterocycles. The summed E-state index contributed by atoms with van der Waals surface area (Å²) in [5, 5.41) is 0. The third-order valence-electron chi connectivity index (χ3n) is 5.13. The molecule has 2 aromatic carbocycles. The van der Waals surface area contributed by atoms with Gasteiger partial charge in [-0.2, -0.15) is 0 Å². The monoisotopic (exact) mass is 377 g/mol. The highest BCUT2D eigenvalue weighted by atomic mass is 16.5. The van der Waals surface area contributed by atoms with Crippen LogP contribution in [0.2, 0.25) is 0 Å². The second-order valence-electron chi connectivity index (χ2n) is 6.66. The lowest BCUT2D eigenvalue weighted by Gasteiger charge is -2.22. The highest BCUT2D eigenvalue weighted by Gasteiger charge is 2.29. The van der Waals surface area contributed by atoms with Crippen LogP contribution in [0.25, 0.3) is 22.4 Å². The lowest BCUT2D eigenvalue weighted by atomic mass is 9.93. The van der Waals surface area contributed by atoms with Gasteiger partial charge in [0.15, 0.2) is 11.5 Å². The van der Waals surface area contributed by atoms with Crippen LogP contribution in [0.15, 0.2) is 48.7 Å². The van der Waals surface area contributed by atoms with Crippen LogP contribution in [-0.4, -0.2) is 31.4 Å². The molecule has 0 unspecified atom stereocenters. The lowest BCUT2D eigenvalue weighted by molar-refractivity contribution is 0.0528. The lowest BCUT2D eigenvalue weighted by Crippen LogP contribution is -2.14. The highest BCUT2D eigenvalue weighted by molar-refractivity contribution is 6.04. The summed E-state index contributed by atoms with van der Waals surface area (Å²) < 4.78 is 18.5. The predicted molar refractivity (Wildman–Crippen MR) is 108 cm³/mol. The van der Waals surface area contributed by atoms with Crippen molar-refractivity contribution in [2.75, 3.05) is 20.8 Å². The van der Waals surface area contributed by atoms with Crippen molar-refractivity contribution >= 4 is 5.97 Å². The molecule has 4 rings (SSSR count). The normalized spacial score (nSPS) is 12.1. The van der Waals surface area contributed by atoms with Gasteiger partial charge in [0.25, 0.3) is 0 Å². The third kappa shape index (κ3) is 2.93. The number of aromatic nitrogens is 1. The van der Waals surface area contributed by atoms with E-state index < -0.39 is 0 Å². The second kappa shape index (κ2) is 7.43. The van der Waals surface area contributed by atoms with Crippen molar-refractivity contribution in [2.45, 2.75) is 19.9 Å². The largest absolute Gasteiger partial charge is 0.493 e. The van der Waals surface area contributed by atoms with Gasteiger partial charge in [0.05, 0.1) is 32.1 Å². The minimum absolute atomic E-state index is 0.308. The number of methoxy groups -OCH3 is 2. The first kappa shape index (κ1) is 18.2. The van der Waals surface area contributed by atoms with Gasteiger partial charge >= 0.3 is 5.97 Å².